The first kappa shape index (κ1) is 17.0. The molecule has 0 aliphatic carbocycles. The van der Waals surface area contributed by atoms with E-state index in [0.717, 1.165) is 36.8 Å². The van der Waals surface area contributed by atoms with Crippen molar-refractivity contribution in [1.29, 1.82) is 0 Å². The second kappa shape index (κ2) is 7.50. The zero-order chi connectivity index (χ0) is 18.8. The van der Waals surface area contributed by atoms with Gasteiger partial charge in [-0.3, -0.25) is 0 Å². The fourth-order valence-corrected chi connectivity index (χ4v) is 4.17. The zero-order valence-electron chi connectivity index (χ0n) is 16.0. The molecular weight excluding hydrogens is 346 g/mol. The largest absolute Gasteiger partial charge is 0.372 e. The summed E-state index contributed by atoms with van der Waals surface area (Å²) in [5.74, 6) is 1.58. The van der Waals surface area contributed by atoms with E-state index >= 15 is 0 Å². The molecule has 3 heterocycles. The third-order valence-electron chi connectivity index (χ3n) is 5.61. The first-order valence-corrected chi connectivity index (χ1v) is 10.2. The Morgan fingerprint density at radius 1 is 0.821 bits per heavy atom. The van der Waals surface area contributed by atoms with Crippen molar-refractivity contribution >= 4 is 28.8 Å². The van der Waals surface area contributed by atoms with Gasteiger partial charge in [0.05, 0.1) is 0 Å². The molecule has 3 aromatic rings. The smallest absolute Gasteiger partial charge is 0.231 e. The van der Waals surface area contributed by atoms with Gasteiger partial charge in [0, 0.05) is 42.9 Å². The maximum Gasteiger partial charge on any atom is 0.231 e. The number of nitrogens with one attached hydrogen (secondary N) is 1. The third-order valence-corrected chi connectivity index (χ3v) is 5.61. The molecule has 0 bridgehead atoms. The molecule has 142 valence electrons. The van der Waals surface area contributed by atoms with Gasteiger partial charge in [-0.05, 0) is 67.6 Å². The predicted molar refractivity (Wildman–Crippen MR) is 115 cm³/mol. The molecule has 0 amide bonds. The van der Waals surface area contributed by atoms with E-state index in [9.17, 15) is 0 Å². The van der Waals surface area contributed by atoms with Crippen LogP contribution in [-0.4, -0.2) is 29.6 Å². The van der Waals surface area contributed by atoms with E-state index in [-0.39, 0.29) is 0 Å². The fraction of sp³-hybridized carbons (Fsp3) is 0.304. The van der Waals surface area contributed by atoms with Gasteiger partial charge in [-0.15, -0.1) is 0 Å². The molecule has 0 atom stereocenters. The normalized spacial score (nSPS) is 16.1. The summed E-state index contributed by atoms with van der Waals surface area (Å²) in [6, 6.07) is 19.1. The van der Waals surface area contributed by atoms with Crippen molar-refractivity contribution in [2.45, 2.75) is 25.7 Å². The van der Waals surface area contributed by atoms with Crippen LogP contribution in [0.3, 0.4) is 0 Å². The van der Waals surface area contributed by atoms with Gasteiger partial charge in [0.15, 0.2) is 0 Å². The summed E-state index contributed by atoms with van der Waals surface area (Å²) >= 11 is 0. The predicted octanol–water partition coefficient (Wildman–Crippen LogP) is 4.90. The minimum atomic E-state index is 0.755. The van der Waals surface area contributed by atoms with E-state index in [1.54, 1.807) is 0 Å². The first-order valence-electron chi connectivity index (χ1n) is 10.2. The summed E-state index contributed by atoms with van der Waals surface area (Å²) in [7, 11) is 0. The van der Waals surface area contributed by atoms with Crippen molar-refractivity contribution in [3.05, 3.63) is 66.4 Å². The van der Waals surface area contributed by atoms with E-state index in [1.165, 1.54) is 42.9 Å². The lowest BCUT2D eigenvalue weighted by Crippen LogP contribution is -2.26. The van der Waals surface area contributed by atoms with Crippen LogP contribution in [0.15, 0.2) is 60.8 Å². The van der Waals surface area contributed by atoms with Crippen LogP contribution in [0.2, 0.25) is 0 Å². The molecule has 2 aromatic carbocycles. The van der Waals surface area contributed by atoms with Crippen molar-refractivity contribution < 1.29 is 0 Å². The van der Waals surface area contributed by atoms with Gasteiger partial charge in [0.25, 0.3) is 0 Å². The molecule has 2 aliphatic rings. The molecule has 5 heteroatoms. The van der Waals surface area contributed by atoms with Gasteiger partial charge in [0.1, 0.15) is 5.82 Å². The van der Waals surface area contributed by atoms with Crippen LogP contribution < -0.4 is 15.1 Å². The van der Waals surface area contributed by atoms with Gasteiger partial charge >= 0.3 is 0 Å². The summed E-state index contributed by atoms with van der Waals surface area (Å²) in [5, 5.41) is 3.43. The highest BCUT2D eigenvalue weighted by molar-refractivity contribution is 5.66. The molecule has 0 saturated carbocycles. The van der Waals surface area contributed by atoms with Crippen molar-refractivity contribution in [3.63, 3.8) is 0 Å². The highest BCUT2D eigenvalue weighted by Gasteiger charge is 2.20. The van der Waals surface area contributed by atoms with Crippen molar-refractivity contribution in [3.8, 4) is 0 Å². The van der Waals surface area contributed by atoms with E-state index < -0.39 is 0 Å². The molecule has 1 fully saturated rings. The molecule has 28 heavy (non-hydrogen) atoms. The van der Waals surface area contributed by atoms with Crippen LogP contribution in [0.1, 0.15) is 24.8 Å². The number of hydrogen-bond donors (Lipinski definition) is 1. The maximum absolute atomic E-state index is 4.78. The van der Waals surface area contributed by atoms with Gasteiger partial charge in [-0.1, -0.05) is 18.2 Å². The Morgan fingerprint density at radius 2 is 1.64 bits per heavy atom. The number of fused-ring (bicyclic) bond motifs is 1. The average Bonchev–Trinajstić information content (AvgIpc) is 3.29. The van der Waals surface area contributed by atoms with E-state index in [1.807, 2.05) is 12.3 Å². The lowest BCUT2D eigenvalue weighted by atomic mass is 10.0. The van der Waals surface area contributed by atoms with Crippen molar-refractivity contribution in [1.82, 2.24) is 9.97 Å². The van der Waals surface area contributed by atoms with Gasteiger partial charge in [-0.25, -0.2) is 4.98 Å². The third kappa shape index (κ3) is 3.40. The zero-order valence-corrected chi connectivity index (χ0v) is 16.0. The average molecular weight is 371 g/mol. The molecule has 2 aliphatic heterocycles. The summed E-state index contributed by atoms with van der Waals surface area (Å²) in [5.41, 5.74) is 4.94. The summed E-state index contributed by atoms with van der Waals surface area (Å²) in [6.07, 6.45) is 6.66. The van der Waals surface area contributed by atoms with E-state index in [0.29, 0.717) is 0 Å². The second-order valence-electron chi connectivity index (χ2n) is 7.49. The molecule has 0 spiro atoms. The van der Waals surface area contributed by atoms with E-state index in [4.69, 9.17) is 4.98 Å². The number of rotatable bonds is 4. The SMILES string of the molecule is c1ccc2c(c1)CCCN2c1nccc(Nc2ccc(N3CCCC3)cc2)n1. The molecule has 1 aromatic heterocycles. The number of nitrogens with zero attached hydrogens (tertiary/aromatic N) is 4. The van der Waals surface area contributed by atoms with Crippen LogP contribution in [-0.2, 0) is 6.42 Å². The van der Waals surface area contributed by atoms with Gasteiger partial charge in [0.2, 0.25) is 5.95 Å². The summed E-state index contributed by atoms with van der Waals surface area (Å²) < 4.78 is 0. The van der Waals surface area contributed by atoms with Crippen molar-refractivity contribution in [2.75, 3.05) is 34.8 Å². The highest BCUT2D eigenvalue weighted by atomic mass is 15.3. The molecule has 0 unspecified atom stereocenters. The molecule has 5 nitrogen and oxygen atoms in total. The topological polar surface area (TPSA) is 44.3 Å². The van der Waals surface area contributed by atoms with Crippen LogP contribution in [0.25, 0.3) is 0 Å². The van der Waals surface area contributed by atoms with Crippen LogP contribution >= 0.6 is 0 Å². The summed E-state index contributed by atoms with van der Waals surface area (Å²) in [4.78, 5) is 14.0. The number of aromatic nitrogens is 2. The lowest BCUT2D eigenvalue weighted by Gasteiger charge is -2.29. The number of anilines is 5. The Morgan fingerprint density at radius 3 is 2.50 bits per heavy atom. The number of para-hydroxylation sites is 1. The Labute approximate surface area is 166 Å². The van der Waals surface area contributed by atoms with Gasteiger partial charge in [-0.2, -0.15) is 4.98 Å². The molecule has 1 N–H and O–H groups in total. The van der Waals surface area contributed by atoms with Crippen LogP contribution in [0, 0.1) is 0 Å². The number of benzene rings is 2. The highest BCUT2D eigenvalue weighted by Crippen LogP contribution is 2.32. The molecule has 5 rings (SSSR count). The first-order chi connectivity index (χ1) is 13.9. The molecule has 0 radical (unpaired) electrons. The minimum Gasteiger partial charge on any atom is -0.372 e. The Kier molecular flexibility index (Phi) is 4.57. The van der Waals surface area contributed by atoms with E-state index in [2.05, 4.69) is 68.6 Å². The molecule has 1 saturated heterocycles. The maximum atomic E-state index is 4.78. The standard InChI is InChI=1S/C23H25N5/c1-2-8-21-18(6-1)7-5-17-28(21)23-24-14-13-22(26-23)25-19-9-11-20(12-10-19)27-15-3-4-16-27/h1-2,6,8-14H,3-5,7,15-17H2,(H,24,25,26). The molecular formula is C23H25N5. The van der Waals surface area contributed by atoms with Crippen LogP contribution in [0.4, 0.5) is 28.8 Å². The Balaban J connectivity index is 1.35. The second-order valence-corrected chi connectivity index (χ2v) is 7.49. The Bertz CT molecular complexity index is 947. The fourth-order valence-electron chi connectivity index (χ4n) is 4.17. The lowest BCUT2D eigenvalue weighted by molar-refractivity contribution is 0.751. The quantitative estimate of drug-likeness (QED) is 0.706. The summed E-state index contributed by atoms with van der Waals surface area (Å²) in [6.45, 7) is 3.28. The number of aryl methyl sites for hydroxylation is 1. The van der Waals surface area contributed by atoms with Crippen LogP contribution in [0.5, 0.6) is 0 Å². The number of hydrogen-bond acceptors (Lipinski definition) is 5. The van der Waals surface area contributed by atoms with Gasteiger partial charge < -0.3 is 15.1 Å². The Hall–Kier alpha value is -3.08. The monoisotopic (exact) mass is 371 g/mol. The minimum absolute atomic E-state index is 0.755. The van der Waals surface area contributed by atoms with Crippen molar-refractivity contribution in [2.24, 2.45) is 0 Å².